The van der Waals surface area contributed by atoms with Crippen LogP contribution >= 0.6 is 0 Å². The molecule has 0 fully saturated rings. The molecule has 0 nitrogen and oxygen atoms in total. The Labute approximate surface area is 115 Å². The van der Waals surface area contributed by atoms with Crippen LogP contribution in [0.4, 0.5) is 0 Å². The zero-order chi connectivity index (χ0) is 12.7. The molecule has 0 saturated carbocycles. The molecule has 1 aliphatic carbocycles. The van der Waals surface area contributed by atoms with E-state index in [0.717, 1.165) is 0 Å². The molecule has 0 saturated heterocycles. The average molecular weight is 248 g/mol. The van der Waals surface area contributed by atoms with Crippen LogP contribution in [-0.4, -0.2) is 0 Å². The second kappa shape index (κ2) is 12.9. The van der Waals surface area contributed by atoms with E-state index in [1.807, 2.05) is 0 Å². The van der Waals surface area contributed by atoms with Crippen molar-refractivity contribution in [2.75, 3.05) is 0 Å². The molecule has 0 unspecified atom stereocenters. The van der Waals surface area contributed by atoms with E-state index in [9.17, 15) is 0 Å². The van der Waals surface area contributed by atoms with E-state index >= 15 is 0 Å². The summed E-state index contributed by atoms with van der Waals surface area (Å²) in [6.45, 7) is 0. The molecule has 1 rings (SSSR count). The standard InChI is InChI=1S/C18H32/c1-2-4-6-8-10-12-14-16-18-17-15-13-11-9-7-5-3-1/h1-4H,5-18H2/b3-1-,4-2-. The second-order valence-corrected chi connectivity index (χ2v) is 5.68. The maximum Gasteiger partial charge on any atom is -0.0348 e. The lowest BCUT2D eigenvalue weighted by atomic mass is 10.0. The van der Waals surface area contributed by atoms with Gasteiger partial charge in [0.25, 0.3) is 0 Å². The van der Waals surface area contributed by atoms with Crippen molar-refractivity contribution in [2.45, 2.75) is 89.9 Å². The summed E-state index contributed by atoms with van der Waals surface area (Å²) in [5, 5.41) is 0. The SMILES string of the molecule is C1=C\CCCCCCCCCCCCCC\C=C/1. The third-order valence-electron chi connectivity index (χ3n) is 3.87. The fourth-order valence-electron chi connectivity index (χ4n) is 2.64. The fourth-order valence-corrected chi connectivity index (χ4v) is 2.64. The molecule has 0 amide bonds. The summed E-state index contributed by atoms with van der Waals surface area (Å²) in [4.78, 5) is 0. The Morgan fingerprint density at radius 1 is 0.333 bits per heavy atom. The Morgan fingerprint density at radius 3 is 0.944 bits per heavy atom. The molecule has 0 bridgehead atoms. The predicted molar refractivity (Wildman–Crippen MR) is 82.9 cm³/mol. The van der Waals surface area contributed by atoms with Gasteiger partial charge in [-0.1, -0.05) is 88.5 Å². The number of rotatable bonds is 0. The van der Waals surface area contributed by atoms with Gasteiger partial charge in [0.1, 0.15) is 0 Å². The number of hydrogen-bond acceptors (Lipinski definition) is 0. The maximum absolute atomic E-state index is 2.33. The molecule has 0 aromatic heterocycles. The zero-order valence-corrected chi connectivity index (χ0v) is 12.2. The number of allylic oxidation sites excluding steroid dienone is 4. The van der Waals surface area contributed by atoms with E-state index in [0.29, 0.717) is 0 Å². The summed E-state index contributed by atoms with van der Waals surface area (Å²) in [5.74, 6) is 0. The highest BCUT2D eigenvalue weighted by Crippen LogP contribution is 2.13. The smallest absolute Gasteiger partial charge is 0.0348 e. The van der Waals surface area contributed by atoms with Gasteiger partial charge >= 0.3 is 0 Å². The van der Waals surface area contributed by atoms with Crippen LogP contribution in [0.2, 0.25) is 0 Å². The first-order chi connectivity index (χ1) is 9.00. The second-order valence-electron chi connectivity index (χ2n) is 5.68. The summed E-state index contributed by atoms with van der Waals surface area (Å²) in [6, 6.07) is 0. The van der Waals surface area contributed by atoms with Crippen molar-refractivity contribution in [1.82, 2.24) is 0 Å². The summed E-state index contributed by atoms with van der Waals surface area (Å²) in [6.07, 6.45) is 29.0. The summed E-state index contributed by atoms with van der Waals surface area (Å²) >= 11 is 0. The van der Waals surface area contributed by atoms with E-state index in [1.54, 1.807) is 0 Å². The lowest BCUT2D eigenvalue weighted by Gasteiger charge is -2.02. The van der Waals surface area contributed by atoms with Crippen LogP contribution in [0.15, 0.2) is 24.3 Å². The molecule has 0 aromatic carbocycles. The molecule has 0 aliphatic heterocycles. The maximum atomic E-state index is 2.33. The highest BCUT2D eigenvalue weighted by atomic mass is 14.0. The molecule has 0 radical (unpaired) electrons. The van der Waals surface area contributed by atoms with Crippen LogP contribution in [0, 0.1) is 0 Å². The molecular formula is C18H32. The highest BCUT2D eigenvalue weighted by molar-refractivity contribution is 5.02. The van der Waals surface area contributed by atoms with Gasteiger partial charge in [0.2, 0.25) is 0 Å². The van der Waals surface area contributed by atoms with Crippen molar-refractivity contribution in [3.05, 3.63) is 24.3 Å². The average Bonchev–Trinajstić information content (AvgIpc) is 2.39. The van der Waals surface area contributed by atoms with Crippen LogP contribution in [0.25, 0.3) is 0 Å². The Balaban J connectivity index is 2.13. The van der Waals surface area contributed by atoms with Crippen molar-refractivity contribution in [3.8, 4) is 0 Å². The van der Waals surface area contributed by atoms with E-state index in [4.69, 9.17) is 0 Å². The first kappa shape index (κ1) is 15.5. The van der Waals surface area contributed by atoms with Crippen molar-refractivity contribution >= 4 is 0 Å². The Kier molecular flexibility index (Phi) is 11.2. The van der Waals surface area contributed by atoms with Crippen LogP contribution in [0.3, 0.4) is 0 Å². The topological polar surface area (TPSA) is 0 Å². The van der Waals surface area contributed by atoms with Gasteiger partial charge in [0, 0.05) is 0 Å². The van der Waals surface area contributed by atoms with Crippen molar-refractivity contribution in [1.29, 1.82) is 0 Å². The molecule has 0 aromatic rings. The highest BCUT2D eigenvalue weighted by Gasteiger charge is 1.93. The van der Waals surface area contributed by atoms with Crippen LogP contribution < -0.4 is 0 Å². The molecule has 0 atom stereocenters. The Bertz CT molecular complexity index is 188. The molecule has 0 heterocycles. The van der Waals surface area contributed by atoms with Gasteiger partial charge < -0.3 is 0 Å². The summed E-state index contributed by atoms with van der Waals surface area (Å²) in [7, 11) is 0. The van der Waals surface area contributed by atoms with Crippen molar-refractivity contribution in [3.63, 3.8) is 0 Å². The van der Waals surface area contributed by atoms with Gasteiger partial charge in [-0.15, -0.1) is 0 Å². The normalized spacial score (nSPS) is 25.8. The molecular weight excluding hydrogens is 216 g/mol. The Hall–Kier alpha value is -0.520. The first-order valence-corrected chi connectivity index (χ1v) is 8.32. The van der Waals surface area contributed by atoms with Gasteiger partial charge in [-0.25, -0.2) is 0 Å². The van der Waals surface area contributed by atoms with E-state index in [2.05, 4.69) is 24.3 Å². The Morgan fingerprint density at radius 2 is 0.611 bits per heavy atom. The first-order valence-electron chi connectivity index (χ1n) is 8.32. The molecule has 1 aliphatic rings. The van der Waals surface area contributed by atoms with Crippen molar-refractivity contribution < 1.29 is 0 Å². The minimum atomic E-state index is 1.27. The fraction of sp³-hybridized carbons (Fsp3) is 0.778. The van der Waals surface area contributed by atoms with Gasteiger partial charge in [-0.3, -0.25) is 0 Å². The van der Waals surface area contributed by atoms with E-state index < -0.39 is 0 Å². The molecule has 104 valence electrons. The quantitative estimate of drug-likeness (QED) is 0.454. The summed E-state index contributed by atoms with van der Waals surface area (Å²) < 4.78 is 0. The monoisotopic (exact) mass is 248 g/mol. The third-order valence-corrected chi connectivity index (χ3v) is 3.87. The molecule has 18 heavy (non-hydrogen) atoms. The number of hydrogen-bond donors (Lipinski definition) is 0. The lowest BCUT2D eigenvalue weighted by molar-refractivity contribution is 0.542. The molecule has 0 heteroatoms. The van der Waals surface area contributed by atoms with Crippen molar-refractivity contribution in [2.24, 2.45) is 0 Å². The van der Waals surface area contributed by atoms with Gasteiger partial charge in [-0.2, -0.15) is 0 Å². The third kappa shape index (κ3) is 10.6. The lowest BCUT2D eigenvalue weighted by Crippen LogP contribution is -1.83. The summed E-state index contributed by atoms with van der Waals surface area (Å²) in [5.41, 5.74) is 0. The van der Waals surface area contributed by atoms with Gasteiger partial charge in [-0.05, 0) is 25.7 Å². The largest absolute Gasteiger partial charge is 0.0845 e. The van der Waals surface area contributed by atoms with Crippen LogP contribution in [0.1, 0.15) is 89.9 Å². The predicted octanol–water partition coefficient (Wildman–Crippen LogP) is 6.57. The van der Waals surface area contributed by atoms with Gasteiger partial charge in [0.15, 0.2) is 0 Å². The van der Waals surface area contributed by atoms with Crippen LogP contribution in [-0.2, 0) is 0 Å². The van der Waals surface area contributed by atoms with Gasteiger partial charge in [0.05, 0.1) is 0 Å². The molecule has 0 N–H and O–H groups in total. The zero-order valence-electron chi connectivity index (χ0n) is 12.2. The molecule has 0 spiro atoms. The van der Waals surface area contributed by atoms with E-state index in [1.165, 1.54) is 89.9 Å². The minimum Gasteiger partial charge on any atom is -0.0845 e. The van der Waals surface area contributed by atoms with Crippen LogP contribution in [0.5, 0.6) is 0 Å². The minimum absolute atomic E-state index is 1.27. The van der Waals surface area contributed by atoms with E-state index in [-0.39, 0.29) is 0 Å².